The summed E-state index contributed by atoms with van der Waals surface area (Å²) >= 11 is 0. The van der Waals surface area contributed by atoms with Crippen molar-refractivity contribution < 1.29 is 62.6 Å². The molecule has 14 heteroatoms. The number of halogens is 11. The van der Waals surface area contributed by atoms with E-state index in [1.54, 1.807) is 6.92 Å². The molecule has 0 aliphatic heterocycles. The number of esters is 1. The minimum Gasteiger partial charge on any atom is -0.461 e. The summed E-state index contributed by atoms with van der Waals surface area (Å²) in [5.41, 5.74) is 0. The first kappa shape index (κ1) is 24.7. The SMILES string of the molecule is CCCCCCOC(=O)[C@@](F)(OC(F)(F)C(F)(F)C(F)(F)F)C(F)(F)F. The normalized spacial score (nSPS) is 16.3. The molecule has 26 heavy (non-hydrogen) atoms. The Morgan fingerprint density at radius 1 is 0.769 bits per heavy atom. The summed E-state index contributed by atoms with van der Waals surface area (Å²) < 4.78 is 144. The van der Waals surface area contributed by atoms with Crippen LogP contribution in [0, 0.1) is 0 Å². The Morgan fingerprint density at radius 2 is 1.27 bits per heavy atom. The molecular formula is C12H13F11O3. The molecule has 0 fully saturated rings. The Labute approximate surface area is 139 Å². The topological polar surface area (TPSA) is 35.5 Å². The van der Waals surface area contributed by atoms with E-state index in [4.69, 9.17) is 0 Å². The zero-order valence-electron chi connectivity index (χ0n) is 12.9. The maximum Gasteiger partial charge on any atom is 0.462 e. The molecule has 0 aromatic rings. The fourth-order valence-corrected chi connectivity index (χ4v) is 1.41. The molecule has 0 N–H and O–H groups in total. The van der Waals surface area contributed by atoms with E-state index >= 15 is 0 Å². The van der Waals surface area contributed by atoms with Gasteiger partial charge in [0.05, 0.1) is 6.61 Å². The summed E-state index contributed by atoms with van der Waals surface area (Å²) in [5.74, 6) is -16.7. The fourth-order valence-electron chi connectivity index (χ4n) is 1.41. The average molecular weight is 414 g/mol. The van der Waals surface area contributed by atoms with Gasteiger partial charge in [-0.15, -0.1) is 0 Å². The van der Waals surface area contributed by atoms with Crippen molar-refractivity contribution in [1.82, 2.24) is 0 Å². The highest BCUT2D eigenvalue weighted by atomic mass is 19.4. The number of hydrogen-bond acceptors (Lipinski definition) is 3. The standard InChI is InChI=1S/C12H13F11O3/c1-2-3-4-5-6-25-7(24)8(13,10(16,17)18)26-12(22,23)9(14,15)11(19,20)21/h2-6H2,1H3/t8-/m1/s1. The Kier molecular flexibility index (Phi) is 7.71. The Balaban J connectivity index is 5.47. The van der Waals surface area contributed by atoms with E-state index in [-0.39, 0.29) is 12.8 Å². The van der Waals surface area contributed by atoms with E-state index in [0.717, 1.165) is 0 Å². The predicted octanol–water partition coefficient (Wildman–Crippen LogP) is 5.15. The molecule has 0 amide bonds. The van der Waals surface area contributed by atoms with Gasteiger partial charge in [0, 0.05) is 0 Å². The van der Waals surface area contributed by atoms with Crippen molar-refractivity contribution in [2.24, 2.45) is 0 Å². The van der Waals surface area contributed by atoms with Crippen molar-refractivity contribution in [2.45, 2.75) is 62.8 Å². The molecule has 1 atom stereocenters. The molecule has 0 radical (unpaired) electrons. The second kappa shape index (κ2) is 8.13. The first-order chi connectivity index (χ1) is 11.4. The van der Waals surface area contributed by atoms with Crippen LogP contribution >= 0.6 is 0 Å². The third-order valence-electron chi connectivity index (χ3n) is 2.85. The summed E-state index contributed by atoms with van der Waals surface area (Å²) in [6.07, 6.45) is -19.6. The lowest BCUT2D eigenvalue weighted by Gasteiger charge is -2.33. The van der Waals surface area contributed by atoms with Crippen molar-refractivity contribution in [1.29, 1.82) is 0 Å². The molecule has 0 saturated carbocycles. The van der Waals surface area contributed by atoms with Crippen LogP contribution in [0.1, 0.15) is 32.6 Å². The Hall–Kier alpha value is -1.34. The molecule has 156 valence electrons. The summed E-state index contributed by atoms with van der Waals surface area (Å²) in [5, 5.41) is 0. The molecule has 0 aromatic carbocycles. The van der Waals surface area contributed by atoms with E-state index < -0.39 is 42.8 Å². The molecule has 0 rings (SSSR count). The number of carbonyl (C=O) groups excluding carboxylic acids is 1. The van der Waals surface area contributed by atoms with Crippen LogP contribution in [0.3, 0.4) is 0 Å². The van der Waals surface area contributed by atoms with Crippen molar-refractivity contribution in [3.05, 3.63) is 0 Å². The van der Waals surface area contributed by atoms with E-state index in [9.17, 15) is 53.1 Å². The van der Waals surface area contributed by atoms with Gasteiger partial charge in [-0.2, -0.15) is 48.3 Å². The monoisotopic (exact) mass is 414 g/mol. The number of alkyl halides is 11. The molecule has 0 spiro atoms. The van der Waals surface area contributed by atoms with Crippen molar-refractivity contribution in [3.63, 3.8) is 0 Å². The van der Waals surface area contributed by atoms with Crippen LogP contribution in [0.4, 0.5) is 48.3 Å². The van der Waals surface area contributed by atoms with Crippen LogP contribution in [0.5, 0.6) is 0 Å². The van der Waals surface area contributed by atoms with Crippen molar-refractivity contribution in [2.75, 3.05) is 6.61 Å². The molecule has 0 aromatic heterocycles. The number of unbranched alkanes of at least 4 members (excludes halogenated alkanes) is 3. The van der Waals surface area contributed by atoms with Crippen molar-refractivity contribution in [3.8, 4) is 0 Å². The minimum absolute atomic E-state index is 0.136. The number of hydrogen-bond donors (Lipinski definition) is 0. The molecule has 0 aliphatic carbocycles. The van der Waals surface area contributed by atoms with E-state index in [0.29, 0.717) is 12.8 Å². The van der Waals surface area contributed by atoms with Crippen LogP contribution < -0.4 is 0 Å². The van der Waals surface area contributed by atoms with Crippen LogP contribution in [0.25, 0.3) is 0 Å². The molecular weight excluding hydrogens is 401 g/mol. The lowest BCUT2D eigenvalue weighted by Crippen LogP contribution is -2.61. The molecule has 0 saturated heterocycles. The molecule has 0 heterocycles. The summed E-state index contributed by atoms with van der Waals surface area (Å²) in [6.45, 7) is 0.796. The van der Waals surface area contributed by atoms with Gasteiger partial charge in [-0.3, -0.25) is 4.74 Å². The van der Waals surface area contributed by atoms with E-state index in [1.165, 1.54) is 0 Å². The van der Waals surface area contributed by atoms with Crippen LogP contribution in [-0.2, 0) is 14.3 Å². The molecule has 0 aliphatic rings. The van der Waals surface area contributed by atoms with Gasteiger partial charge in [0.1, 0.15) is 0 Å². The highest BCUT2D eigenvalue weighted by Gasteiger charge is 2.80. The van der Waals surface area contributed by atoms with Gasteiger partial charge < -0.3 is 4.74 Å². The van der Waals surface area contributed by atoms with E-state index in [2.05, 4.69) is 9.47 Å². The highest BCUT2D eigenvalue weighted by Crippen LogP contribution is 2.51. The van der Waals surface area contributed by atoms with Gasteiger partial charge >= 0.3 is 36.2 Å². The maximum absolute atomic E-state index is 13.7. The zero-order chi connectivity index (χ0) is 21.0. The van der Waals surface area contributed by atoms with Gasteiger partial charge in [-0.05, 0) is 6.42 Å². The van der Waals surface area contributed by atoms with Gasteiger partial charge in [0.25, 0.3) is 0 Å². The summed E-state index contributed by atoms with van der Waals surface area (Å²) in [7, 11) is 0. The molecule has 3 nitrogen and oxygen atoms in total. The number of carbonyl (C=O) groups is 1. The number of rotatable bonds is 9. The highest BCUT2D eigenvalue weighted by molar-refractivity contribution is 5.78. The van der Waals surface area contributed by atoms with Gasteiger partial charge in [-0.25, -0.2) is 4.79 Å². The van der Waals surface area contributed by atoms with Crippen LogP contribution in [0.15, 0.2) is 0 Å². The zero-order valence-corrected chi connectivity index (χ0v) is 12.9. The van der Waals surface area contributed by atoms with E-state index in [1.807, 2.05) is 0 Å². The maximum atomic E-state index is 13.7. The lowest BCUT2D eigenvalue weighted by atomic mass is 10.2. The average Bonchev–Trinajstić information content (AvgIpc) is 2.43. The van der Waals surface area contributed by atoms with Crippen LogP contribution in [-0.4, -0.2) is 42.8 Å². The quantitative estimate of drug-likeness (QED) is 0.298. The van der Waals surface area contributed by atoms with Gasteiger partial charge in [-0.1, -0.05) is 26.2 Å². The smallest absolute Gasteiger partial charge is 0.461 e. The Bertz CT molecular complexity index is 472. The van der Waals surface area contributed by atoms with Crippen molar-refractivity contribution >= 4 is 5.97 Å². The second-order valence-electron chi connectivity index (χ2n) is 4.98. The molecule has 0 unspecified atom stereocenters. The Morgan fingerprint density at radius 3 is 1.65 bits per heavy atom. The summed E-state index contributed by atoms with van der Waals surface area (Å²) in [6, 6.07) is 0. The second-order valence-corrected chi connectivity index (χ2v) is 4.98. The van der Waals surface area contributed by atoms with Gasteiger partial charge in [0.15, 0.2) is 0 Å². The largest absolute Gasteiger partial charge is 0.462 e. The third kappa shape index (κ3) is 5.33. The fraction of sp³-hybridized carbons (Fsp3) is 0.917. The predicted molar refractivity (Wildman–Crippen MR) is 62.0 cm³/mol. The first-order valence-corrected chi connectivity index (χ1v) is 6.89. The van der Waals surface area contributed by atoms with Gasteiger partial charge in [0.2, 0.25) is 0 Å². The van der Waals surface area contributed by atoms with Crippen LogP contribution in [0.2, 0.25) is 0 Å². The first-order valence-electron chi connectivity index (χ1n) is 6.89. The molecule has 0 bridgehead atoms. The number of ether oxygens (including phenoxy) is 2. The minimum atomic E-state index is -7.22. The lowest BCUT2D eigenvalue weighted by molar-refractivity contribution is -0.475. The summed E-state index contributed by atoms with van der Waals surface area (Å²) in [4.78, 5) is 11.1. The third-order valence-corrected chi connectivity index (χ3v) is 2.85.